The predicted octanol–water partition coefficient (Wildman–Crippen LogP) is 2.50. The van der Waals surface area contributed by atoms with E-state index in [9.17, 15) is 17.6 Å². The zero-order valence-electron chi connectivity index (χ0n) is 12.1. The van der Waals surface area contributed by atoms with Crippen LogP contribution >= 0.6 is 0 Å². The van der Waals surface area contributed by atoms with Crippen molar-refractivity contribution in [2.75, 3.05) is 6.54 Å². The van der Waals surface area contributed by atoms with Crippen molar-refractivity contribution >= 4 is 16.0 Å². The van der Waals surface area contributed by atoms with Crippen LogP contribution in [-0.4, -0.2) is 35.9 Å². The number of carbonyl (C=O) groups is 1. The van der Waals surface area contributed by atoms with E-state index in [1.807, 2.05) is 0 Å². The topological polar surface area (TPSA) is 74.7 Å². The van der Waals surface area contributed by atoms with Crippen LogP contribution in [0.25, 0.3) is 0 Å². The van der Waals surface area contributed by atoms with E-state index in [1.54, 1.807) is 20.8 Å². The van der Waals surface area contributed by atoms with Gasteiger partial charge in [-0.2, -0.15) is 4.31 Å². The minimum Gasteiger partial charge on any atom is -0.478 e. The van der Waals surface area contributed by atoms with Gasteiger partial charge in [-0.25, -0.2) is 17.6 Å². The van der Waals surface area contributed by atoms with Crippen molar-refractivity contribution in [2.45, 2.75) is 31.2 Å². The average molecular weight is 315 g/mol. The molecule has 0 aromatic heterocycles. The maximum Gasteiger partial charge on any atom is 0.337 e. The molecule has 0 bridgehead atoms. The highest BCUT2D eigenvalue weighted by Gasteiger charge is 2.35. The van der Waals surface area contributed by atoms with E-state index < -0.39 is 37.8 Å². The first-order valence-corrected chi connectivity index (χ1v) is 7.62. The highest BCUT2D eigenvalue weighted by atomic mass is 32.2. The van der Waals surface area contributed by atoms with Crippen LogP contribution in [0.15, 0.2) is 35.7 Å². The Morgan fingerprint density at radius 3 is 2.43 bits per heavy atom. The van der Waals surface area contributed by atoms with Crippen LogP contribution in [0.5, 0.6) is 0 Å². The number of sulfonamides is 1. The van der Waals surface area contributed by atoms with Gasteiger partial charge in [-0.3, -0.25) is 0 Å². The summed E-state index contributed by atoms with van der Waals surface area (Å²) in [6.07, 6.45) is 1.39. The molecule has 0 atom stereocenters. The van der Waals surface area contributed by atoms with Crippen LogP contribution in [0.4, 0.5) is 4.39 Å². The molecule has 1 N–H and O–H groups in total. The minimum absolute atomic E-state index is 0.0125. The quantitative estimate of drug-likeness (QED) is 0.847. The Bertz CT molecular complexity index is 662. The maximum atomic E-state index is 13.4. The monoisotopic (exact) mass is 315 g/mol. The van der Waals surface area contributed by atoms with E-state index in [0.717, 1.165) is 22.5 Å². The Morgan fingerprint density at radius 1 is 1.43 bits per heavy atom. The molecule has 0 aliphatic carbocycles. The zero-order chi connectivity index (χ0) is 16.4. The molecule has 0 aliphatic rings. The second-order valence-electron chi connectivity index (χ2n) is 5.44. The largest absolute Gasteiger partial charge is 0.478 e. The van der Waals surface area contributed by atoms with Crippen molar-refractivity contribution in [3.05, 3.63) is 42.2 Å². The van der Waals surface area contributed by atoms with Gasteiger partial charge in [-0.05, 0) is 39.0 Å². The van der Waals surface area contributed by atoms with E-state index in [4.69, 9.17) is 5.11 Å². The maximum absolute atomic E-state index is 13.4. The highest BCUT2D eigenvalue weighted by molar-refractivity contribution is 7.89. The number of benzene rings is 1. The first-order valence-electron chi connectivity index (χ1n) is 6.18. The first-order chi connectivity index (χ1) is 9.51. The lowest BCUT2D eigenvalue weighted by Crippen LogP contribution is -2.45. The molecule has 116 valence electrons. The summed E-state index contributed by atoms with van der Waals surface area (Å²) in [5.41, 5.74) is -1.27. The standard InChI is InChI=1S/C14H18FNO4S/c1-5-8-16(14(2,3)4)21(19,20)12-9-10(15)6-7-11(12)13(17)18/h5-7,9H,1,8H2,2-4H3,(H,17,18). The summed E-state index contributed by atoms with van der Waals surface area (Å²) < 4.78 is 39.9. The number of hydrogen-bond acceptors (Lipinski definition) is 3. The van der Waals surface area contributed by atoms with Crippen LogP contribution in [0.1, 0.15) is 31.1 Å². The fourth-order valence-corrected chi connectivity index (χ4v) is 3.81. The van der Waals surface area contributed by atoms with Crippen LogP contribution in [0.2, 0.25) is 0 Å². The molecule has 0 fully saturated rings. The average Bonchev–Trinajstić information content (AvgIpc) is 2.33. The lowest BCUT2D eigenvalue weighted by molar-refractivity contribution is 0.0692. The highest BCUT2D eigenvalue weighted by Crippen LogP contribution is 2.27. The number of carboxylic acids is 1. The van der Waals surface area contributed by atoms with Gasteiger partial charge in [0.15, 0.2) is 0 Å². The molecule has 0 radical (unpaired) electrons. The summed E-state index contributed by atoms with van der Waals surface area (Å²) in [4.78, 5) is 10.6. The van der Waals surface area contributed by atoms with Gasteiger partial charge < -0.3 is 5.11 Å². The molecule has 1 aromatic carbocycles. The summed E-state index contributed by atoms with van der Waals surface area (Å²) in [7, 11) is -4.18. The van der Waals surface area contributed by atoms with Crippen molar-refractivity contribution in [3.8, 4) is 0 Å². The normalized spacial score (nSPS) is 12.4. The number of halogens is 1. The third-order valence-electron chi connectivity index (χ3n) is 2.79. The molecular weight excluding hydrogens is 297 g/mol. The lowest BCUT2D eigenvalue weighted by Gasteiger charge is -2.33. The summed E-state index contributed by atoms with van der Waals surface area (Å²) in [6, 6.07) is 2.58. The number of nitrogens with zero attached hydrogens (tertiary/aromatic N) is 1. The van der Waals surface area contributed by atoms with Crippen molar-refractivity contribution in [1.82, 2.24) is 4.31 Å². The Hall–Kier alpha value is -1.73. The van der Waals surface area contributed by atoms with Gasteiger partial charge in [0, 0.05) is 12.1 Å². The molecule has 0 aliphatic heterocycles. The summed E-state index contributed by atoms with van der Waals surface area (Å²) in [6.45, 7) is 8.47. The molecular formula is C14H18FNO4S. The van der Waals surface area contributed by atoms with Crippen molar-refractivity contribution in [1.29, 1.82) is 0 Å². The van der Waals surface area contributed by atoms with Gasteiger partial charge in [0.2, 0.25) is 10.0 Å². The Labute approximate surface area is 123 Å². The summed E-state index contributed by atoms with van der Waals surface area (Å²) >= 11 is 0. The third-order valence-corrected chi connectivity index (χ3v) is 4.96. The van der Waals surface area contributed by atoms with Gasteiger partial charge in [-0.15, -0.1) is 6.58 Å². The van der Waals surface area contributed by atoms with E-state index in [1.165, 1.54) is 6.08 Å². The lowest BCUT2D eigenvalue weighted by atomic mass is 10.1. The Kier molecular flexibility index (Phi) is 4.91. The Balaban J connectivity index is 3.59. The predicted molar refractivity (Wildman–Crippen MR) is 77.2 cm³/mol. The molecule has 1 rings (SSSR count). The third kappa shape index (κ3) is 3.68. The van der Waals surface area contributed by atoms with Gasteiger partial charge in [0.25, 0.3) is 0 Å². The van der Waals surface area contributed by atoms with E-state index >= 15 is 0 Å². The molecule has 0 saturated heterocycles. The Morgan fingerprint density at radius 2 is 2.00 bits per heavy atom. The van der Waals surface area contributed by atoms with Gasteiger partial charge >= 0.3 is 5.97 Å². The van der Waals surface area contributed by atoms with E-state index in [2.05, 4.69) is 6.58 Å². The molecule has 0 unspecified atom stereocenters. The number of aromatic carboxylic acids is 1. The van der Waals surface area contributed by atoms with Crippen LogP contribution < -0.4 is 0 Å². The molecule has 0 amide bonds. The molecule has 7 heteroatoms. The zero-order valence-corrected chi connectivity index (χ0v) is 12.9. The van der Waals surface area contributed by atoms with Crippen LogP contribution in [0, 0.1) is 5.82 Å². The molecule has 0 saturated carbocycles. The number of carboxylic acid groups (broad SMARTS) is 1. The fourth-order valence-electron chi connectivity index (χ4n) is 1.85. The molecule has 21 heavy (non-hydrogen) atoms. The first kappa shape index (κ1) is 17.3. The van der Waals surface area contributed by atoms with E-state index in [0.29, 0.717) is 0 Å². The van der Waals surface area contributed by atoms with E-state index in [-0.39, 0.29) is 6.54 Å². The SMILES string of the molecule is C=CCN(C(C)(C)C)S(=O)(=O)c1cc(F)ccc1C(=O)O. The molecule has 0 spiro atoms. The number of hydrogen-bond donors (Lipinski definition) is 1. The molecule has 0 heterocycles. The molecule has 5 nitrogen and oxygen atoms in total. The second kappa shape index (κ2) is 5.95. The van der Waals surface area contributed by atoms with Crippen molar-refractivity contribution in [3.63, 3.8) is 0 Å². The fraction of sp³-hybridized carbons (Fsp3) is 0.357. The van der Waals surface area contributed by atoms with Crippen LogP contribution in [-0.2, 0) is 10.0 Å². The summed E-state index contributed by atoms with van der Waals surface area (Å²) in [5.74, 6) is -2.24. The second-order valence-corrected chi connectivity index (χ2v) is 7.27. The molecule has 1 aromatic rings. The minimum atomic E-state index is -4.18. The van der Waals surface area contributed by atoms with Gasteiger partial charge in [0.05, 0.1) is 10.5 Å². The van der Waals surface area contributed by atoms with Crippen LogP contribution in [0.3, 0.4) is 0 Å². The van der Waals surface area contributed by atoms with Gasteiger partial charge in [-0.1, -0.05) is 6.08 Å². The van der Waals surface area contributed by atoms with Crippen molar-refractivity contribution < 1.29 is 22.7 Å². The van der Waals surface area contributed by atoms with Crippen molar-refractivity contribution in [2.24, 2.45) is 0 Å². The number of rotatable bonds is 5. The summed E-state index contributed by atoms with van der Waals surface area (Å²) in [5, 5.41) is 9.11. The smallest absolute Gasteiger partial charge is 0.337 e. The van der Waals surface area contributed by atoms with Gasteiger partial charge in [0.1, 0.15) is 5.82 Å².